The van der Waals surface area contributed by atoms with Gasteiger partial charge in [-0.05, 0) is 57.1 Å². The molecule has 0 spiro atoms. The molecule has 0 bridgehead atoms. The van der Waals surface area contributed by atoms with Gasteiger partial charge >= 0.3 is 0 Å². The lowest BCUT2D eigenvalue weighted by atomic mass is 10.3. The van der Waals surface area contributed by atoms with Gasteiger partial charge in [-0.25, -0.2) is 4.68 Å². The van der Waals surface area contributed by atoms with E-state index in [9.17, 15) is 0 Å². The van der Waals surface area contributed by atoms with Crippen molar-refractivity contribution in [1.29, 1.82) is 0 Å². The largest absolute Gasteiger partial charge is 0.314 e. The van der Waals surface area contributed by atoms with Crippen molar-refractivity contribution in [3.63, 3.8) is 0 Å². The molecule has 1 heterocycles. The summed E-state index contributed by atoms with van der Waals surface area (Å²) < 4.78 is 4.84. The topological polar surface area (TPSA) is 29.9 Å². The van der Waals surface area contributed by atoms with Gasteiger partial charge in [0.1, 0.15) is 0 Å². The highest BCUT2D eigenvalue weighted by molar-refractivity contribution is 9.11. The van der Waals surface area contributed by atoms with Crippen molar-refractivity contribution in [3.05, 3.63) is 43.5 Å². The molecule has 3 nitrogen and oxygen atoms in total. The molecular formula is C11H10Br3N3. The van der Waals surface area contributed by atoms with Gasteiger partial charge in [0, 0.05) is 26.2 Å². The fraction of sp³-hybridized carbons (Fsp3) is 0.182. The number of halogens is 3. The maximum Gasteiger partial charge on any atom is 0.0930 e. The Morgan fingerprint density at radius 3 is 2.47 bits per heavy atom. The van der Waals surface area contributed by atoms with Crippen LogP contribution in [0.25, 0.3) is 5.69 Å². The Labute approximate surface area is 125 Å². The molecule has 0 aliphatic rings. The molecule has 0 aliphatic carbocycles. The third-order valence-corrected chi connectivity index (χ3v) is 3.88. The lowest BCUT2D eigenvalue weighted by Crippen LogP contribution is -2.06. The molecular weight excluding hydrogens is 414 g/mol. The van der Waals surface area contributed by atoms with E-state index in [1.54, 1.807) is 0 Å². The van der Waals surface area contributed by atoms with Crippen molar-refractivity contribution in [2.75, 3.05) is 7.05 Å². The predicted molar refractivity (Wildman–Crippen MR) is 79.4 cm³/mol. The number of nitrogens with one attached hydrogen (secondary N) is 1. The van der Waals surface area contributed by atoms with Gasteiger partial charge in [0.05, 0.1) is 11.4 Å². The summed E-state index contributed by atoms with van der Waals surface area (Å²) in [5.74, 6) is 0. The maximum absolute atomic E-state index is 4.50. The van der Waals surface area contributed by atoms with Crippen LogP contribution in [0.4, 0.5) is 0 Å². The summed E-state index contributed by atoms with van der Waals surface area (Å²) >= 11 is 10.5. The Morgan fingerprint density at radius 2 is 1.88 bits per heavy atom. The molecule has 2 aromatic rings. The second-order valence-corrected chi connectivity index (χ2v) is 6.12. The normalized spacial score (nSPS) is 10.8. The smallest absolute Gasteiger partial charge is 0.0930 e. The molecule has 17 heavy (non-hydrogen) atoms. The predicted octanol–water partition coefficient (Wildman–Crippen LogP) is 3.88. The van der Waals surface area contributed by atoms with Gasteiger partial charge in [-0.1, -0.05) is 15.9 Å². The summed E-state index contributed by atoms with van der Waals surface area (Å²) in [5.41, 5.74) is 2.00. The minimum atomic E-state index is 0.763. The van der Waals surface area contributed by atoms with Crippen molar-refractivity contribution in [3.8, 4) is 5.69 Å². The number of hydrogen-bond acceptors (Lipinski definition) is 2. The minimum Gasteiger partial charge on any atom is -0.314 e. The zero-order chi connectivity index (χ0) is 12.4. The standard InChI is InChI=1S/C11H10Br3N3/c1-15-6-8-2-3-17(16-8)11-9(13)4-7(12)5-10(11)14/h2-5,15H,6H2,1H3. The zero-order valence-corrected chi connectivity index (χ0v) is 13.8. The summed E-state index contributed by atoms with van der Waals surface area (Å²) in [7, 11) is 1.91. The second-order valence-electron chi connectivity index (χ2n) is 3.50. The SMILES string of the molecule is CNCc1ccn(-c2c(Br)cc(Br)cc2Br)n1. The van der Waals surface area contributed by atoms with Crippen LogP contribution in [0.15, 0.2) is 37.8 Å². The molecule has 0 saturated heterocycles. The van der Waals surface area contributed by atoms with E-state index in [2.05, 4.69) is 58.2 Å². The third-order valence-electron chi connectivity index (χ3n) is 2.21. The van der Waals surface area contributed by atoms with Crippen LogP contribution >= 0.6 is 47.8 Å². The molecule has 0 radical (unpaired) electrons. The number of rotatable bonds is 3. The maximum atomic E-state index is 4.50. The van der Waals surface area contributed by atoms with Crippen LogP contribution in [-0.4, -0.2) is 16.8 Å². The van der Waals surface area contributed by atoms with Crippen LogP contribution in [0.1, 0.15) is 5.69 Å². The Kier molecular flexibility index (Phi) is 4.41. The fourth-order valence-corrected chi connectivity index (χ4v) is 4.14. The minimum absolute atomic E-state index is 0.763. The zero-order valence-electron chi connectivity index (χ0n) is 9.04. The van der Waals surface area contributed by atoms with E-state index in [0.717, 1.165) is 31.3 Å². The van der Waals surface area contributed by atoms with E-state index < -0.39 is 0 Å². The van der Waals surface area contributed by atoms with Gasteiger partial charge < -0.3 is 5.32 Å². The van der Waals surface area contributed by atoms with E-state index >= 15 is 0 Å². The molecule has 0 fully saturated rings. The molecule has 0 aliphatic heterocycles. The summed E-state index contributed by atoms with van der Waals surface area (Å²) in [5, 5.41) is 7.58. The number of nitrogens with zero attached hydrogens (tertiary/aromatic N) is 2. The molecule has 90 valence electrons. The molecule has 1 aromatic carbocycles. The Hall–Kier alpha value is -0.170. The average Bonchev–Trinajstić information content (AvgIpc) is 2.65. The van der Waals surface area contributed by atoms with Gasteiger partial charge in [0.2, 0.25) is 0 Å². The van der Waals surface area contributed by atoms with Gasteiger partial charge in [-0.2, -0.15) is 5.10 Å². The second kappa shape index (κ2) is 5.65. The van der Waals surface area contributed by atoms with E-state index in [0.29, 0.717) is 0 Å². The van der Waals surface area contributed by atoms with Crippen LogP contribution < -0.4 is 5.32 Å². The Balaban J connectivity index is 2.45. The molecule has 0 atom stereocenters. The summed E-state index contributed by atoms with van der Waals surface area (Å²) in [6.45, 7) is 0.763. The van der Waals surface area contributed by atoms with Crippen LogP contribution in [-0.2, 0) is 6.54 Å². The molecule has 2 rings (SSSR count). The Morgan fingerprint density at radius 1 is 1.24 bits per heavy atom. The Bertz CT molecular complexity index is 514. The van der Waals surface area contributed by atoms with E-state index in [1.807, 2.05) is 36.1 Å². The van der Waals surface area contributed by atoms with Crippen molar-refractivity contribution in [1.82, 2.24) is 15.1 Å². The summed E-state index contributed by atoms with van der Waals surface area (Å²) in [6, 6.07) is 6.00. The fourth-order valence-electron chi connectivity index (χ4n) is 1.52. The number of hydrogen-bond donors (Lipinski definition) is 1. The van der Waals surface area contributed by atoms with Gasteiger partial charge in [-0.3, -0.25) is 0 Å². The summed E-state index contributed by atoms with van der Waals surface area (Å²) in [4.78, 5) is 0. The van der Waals surface area contributed by atoms with Crippen molar-refractivity contribution < 1.29 is 0 Å². The quantitative estimate of drug-likeness (QED) is 0.812. The van der Waals surface area contributed by atoms with Crippen LogP contribution in [0.2, 0.25) is 0 Å². The molecule has 0 saturated carbocycles. The highest BCUT2D eigenvalue weighted by atomic mass is 79.9. The van der Waals surface area contributed by atoms with Gasteiger partial charge in [-0.15, -0.1) is 0 Å². The molecule has 0 amide bonds. The van der Waals surface area contributed by atoms with Gasteiger partial charge in [0.25, 0.3) is 0 Å². The summed E-state index contributed by atoms with van der Waals surface area (Å²) in [6.07, 6.45) is 1.95. The lowest BCUT2D eigenvalue weighted by molar-refractivity contribution is 0.755. The molecule has 0 unspecified atom stereocenters. The molecule has 1 N–H and O–H groups in total. The van der Waals surface area contributed by atoms with E-state index in [4.69, 9.17) is 0 Å². The highest BCUT2D eigenvalue weighted by Gasteiger charge is 2.10. The average molecular weight is 424 g/mol. The molecule has 6 heteroatoms. The molecule has 1 aromatic heterocycles. The van der Waals surface area contributed by atoms with Crippen molar-refractivity contribution >= 4 is 47.8 Å². The van der Waals surface area contributed by atoms with Gasteiger partial charge in [0.15, 0.2) is 0 Å². The van der Waals surface area contributed by atoms with Crippen molar-refractivity contribution in [2.45, 2.75) is 6.54 Å². The first kappa shape index (κ1) is 13.3. The lowest BCUT2D eigenvalue weighted by Gasteiger charge is -2.08. The third kappa shape index (κ3) is 2.99. The first-order valence-electron chi connectivity index (χ1n) is 4.96. The van der Waals surface area contributed by atoms with E-state index in [1.165, 1.54) is 0 Å². The van der Waals surface area contributed by atoms with Crippen LogP contribution in [0.5, 0.6) is 0 Å². The highest BCUT2D eigenvalue weighted by Crippen LogP contribution is 2.32. The monoisotopic (exact) mass is 421 g/mol. The first-order chi connectivity index (χ1) is 8.11. The van der Waals surface area contributed by atoms with E-state index in [-0.39, 0.29) is 0 Å². The first-order valence-corrected chi connectivity index (χ1v) is 7.34. The number of aromatic nitrogens is 2. The van der Waals surface area contributed by atoms with Crippen LogP contribution in [0, 0.1) is 0 Å². The van der Waals surface area contributed by atoms with Crippen LogP contribution in [0.3, 0.4) is 0 Å². The van der Waals surface area contributed by atoms with Crippen molar-refractivity contribution in [2.24, 2.45) is 0 Å². The number of benzene rings is 1.